The van der Waals surface area contributed by atoms with Gasteiger partial charge in [-0.2, -0.15) is 5.26 Å². The van der Waals surface area contributed by atoms with Crippen LogP contribution in [-0.2, 0) is 16.1 Å². The Morgan fingerprint density at radius 3 is 2.71 bits per heavy atom. The molecular weight excluding hydrogens is 464 g/mol. The second kappa shape index (κ2) is 12.0. The highest BCUT2D eigenvalue weighted by Crippen LogP contribution is 2.19. The Hall–Kier alpha value is -3.86. The number of carbonyl (C=O) groups excluding carboxylic acids is 2. The number of aromatic nitrogens is 1. The molecule has 0 unspecified atom stereocenters. The normalized spacial score (nSPS) is 14.7. The zero-order valence-corrected chi connectivity index (χ0v) is 20.7. The minimum Gasteiger partial charge on any atom is -0.360 e. The molecule has 3 rings (SSSR count). The lowest BCUT2D eigenvalue weighted by atomic mass is 10.2. The van der Waals surface area contributed by atoms with Crippen LogP contribution < -0.4 is 30.3 Å². The summed E-state index contributed by atoms with van der Waals surface area (Å²) in [5.41, 5.74) is 0.947. The Kier molecular flexibility index (Phi) is 8.85. The second-order valence-corrected chi connectivity index (χ2v) is 9.00. The number of nitriles is 1. The van der Waals surface area contributed by atoms with Crippen molar-refractivity contribution in [3.63, 3.8) is 0 Å². The summed E-state index contributed by atoms with van der Waals surface area (Å²) in [7, 11) is 1.75. The number of hydrogen-bond acceptors (Lipinski definition) is 7. The lowest BCUT2D eigenvalue weighted by Gasteiger charge is -2.21. The van der Waals surface area contributed by atoms with Crippen molar-refractivity contribution in [3.8, 4) is 18.4 Å². The van der Waals surface area contributed by atoms with Crippen LogP contribution in [0.25, 0.3) is 11.8 Å². The lowest BCUT2D eigenvalue weighted by molar-refractivity contribution is -0.119. The van der Waals surface area contributed by atoms with Gasteiger partial charge in [0.1, 0.15) is 15.3 Å². The van der Waals surface area contributed by atoms with E-state index >= 15 is 0 Å². The largest absolute Gasteiger partial charge is 0.360 e. The van der Waals surface area contributed by atoms with Crippen LogP contribution in [0.3, 0.4) is 0 Å². The molecule has 1 aliphatic rings. The summed E-state index contributed by atoms with van der Waals surface area (Å²) in [6, 6.07) is 9.21. The third-order valence-electron chi connectivity index (χ3n) is 5.66. The van der Waals surface area contributed by atoms with Gasteiger partial charge in [-0.05, 0) is 51.1 Å². The molecule has 0 aliphatic carbocycles. The van der Waals surface area contributed by atoms with Crippen LogP contribution in [0, 0.1) is 23.7 Å². The second-order valence-electron chi connectivity index (χ2n) is 7.97. The molecule has 1 fully saturated rings. The molecule has 0 spiro atoms. The van der Waals surface area contributed by atoms with Crippen LogP contribution >= 0.6 is 11.3 Å². The van der Waals surface area contributed by atoms with E-state index in [1.165, 1.54) is 4.57 Å². The highest BCUT2D eigenvalue weighted by molar-refractivity contribution is 7.07. The van der Waals surface area contributed by atoms with Gasteiger partial charge in [-0.15, -0.1) is 17.8 Å². The first-order valence-corrected chi connectivity index (χ1v) is 12.1. The number of thiazole rings is 1. The first-order chi connectivity index (χ1) is 16.9. The van der Waals surface area contributed by atoms with Crippen LogP contribution in [0.15, 0.2) is 29.1 Å². The molecule has 1 aromatic carbocycles. The monoisotopic (exact) mass is 492 g/mol. The fourth-order valence-electron chi connectivity index (χ4n) is 3.74. The van der Waals surface area contributed by atoms with Crippen LogP contribution in [0.4, 0.5) is 11.4 Å². The minimum absolute atomic E-state index is 0.0163. The maximum atomic E-state index is 12.9. The van der Waals surface area contributed by atoms with E-state index in [-0.39, 0.29) is 28.2 Å². The predicted molar refractivity (Wildman–Crippen MR) is 138 cm³/mol. The molecule has 2 aromatic rings. The molecule has 1 saturated heterocycles. The van der Waals surface area contributed by atoms with Crippen LogP contribution in [0.1, 0.15) is 19.8 Å². The maximum absolute atomic E-state index is 12.9. The SMILES string of the molecule is C#CCNC(=O)/C(C#N)=c1\s/c(=C/Nc2cccc(N(C)C(=O)CN3CCCC3)c2)c(=O)n1CC. The molecule has 0 saturated carbocycles. The molecule has 2 N–H and O–H groups in total. The van der Waals surface area contributed by atoms with Gasteiger partial charge in [0.2, 0.25) is 5.91 Å². The number of terminal acetylenes is 1. The van der Waals surface area contributed by atoms with Crippen molar-refractivity contribution in [3.05, 3.63) is 43.8 Å². The lowest BCUT2D eigenvalue weighted by Crippen LogP contribution is -2.37. The number of hydrogen-bond donors (Lipinski definition) is 2. The fourth-order valence-corrected chi connectivity index (χ4v) is 4.83. The Morgan fingerprint density at radius 1 is 1.31 bits per heavy atom. The van der Waals surface area contributed by atoms with Crippen LogP contribution in [0.5, 0.6) is 0 Å². The Morgan fingerprint density at radius 2 is 2.06 bits per heavy atom. The number of likely N-dealkylation sites (N-methyl/N-ethyl adjacent to an activating group) is 1. The van der Waals surface area contributed by atoms with E-state index in [2.05, 4.69) is 21.5 Å². The predicted octanol–water partition coefficient (Wildman–Crippen LogP) is 0.262. The Labute approximate surface area is 208 Å². The van der Waals surface area contributed by atoms with E-state index in [0.29, 0.717) is 23.3 Å². The highest BCUT2D eigenvalue weighted by atomic mass is 32.1. The number of nitrogens with one attached hydrogen (secondary N) is 2. The third-order valence-corrected chi connectivity index (χ3v) is 6.79. The van der Waals surface area contributed by atoms with E-state index < -0.39 is 5.91 Å². The fraction of sp³-hybridized carbons (Fsp3) is 0.360. The summed E-state index contributed by atoms with van der Waals surface area (Å²) in [4.78, 5) is 41.7. The summed E-state index contributed by atoms with van der Waals surface area (Å²) < 4.78 is 1.99. The molecule has 9 nitrogen and oxygen atoms in total. The summed E-state index contributed by atoms with van der Waals surface area (Å²) in [5.74, 6) is 1.68. The highest BCUT2D eigenvalue weighted by Gasteiger charge is 2.19. The van der Waals surface area contributed by atoms with Crippen molar-refractivity contribution in [2.75, 3.05) is 43.4 Å². The van der Waals surface area contributed by atoms with Crippen molar-refractivity contribution < 1.29 is 9.59 Å². The summed E-state index contributed by atoms with van der Waals surface area (Å²) in [5, 5.41) is 15.1. The van der Waals surface area contributed by atoms with E-state index in [1.807, 2.05) is 30.3 Å². The van der Waals surface area contributed by atoms with Gasteiger partial charge in [0.15, 0.2) is 5.57 Å². The first-order valence-electron chi connectivity index (χ1n) is 11.3. The molecule has 10 heteroatoms. The molecular formula is C25H28N6O3S. The third kappa shape index (κ3) is 6.18. The van der Waals surface area contributed by atoms with Gasteiger partial charge in [0, 0.05) is 31.2 Å². The number of amides is 2. The molecule has 35 heavy (non-hydrogen) atoms. The standard InChI is InChI=1S/C25H28N6O3S/c1-4-11-27-23(33)20(15-26)25-31(5-2)24(34)21(35-25)16-28-18-9-8-10-19(14-18)29(3)22(32)17-30-12-6-7-13-30/h1,8-10,14,16,28H,5-7,11-13,17H2,2-3H3,(H,27,33)/b21-16+,25-20-. The van der Waals surface area contributed by atoms with Crippen molar-refractivity contribution in [2.45, 2.75) is 26.3 Å². The van der Waals surface area contributed by atoms with Gasteiger partial charge >= 0.3 is 0 Å². The van der Waals surface area contributed by atoms with Crippen LogP contribution in [0.2, 0.25) is 0 Å². The van der Waals surface area contributed by atoms with Gasteiger partial charge in [-0.1, -0.05) is 12.0 Å². The number of anilines is 2. The first kappa shape index (κ1) is 25.8. The molecule has 1 aliphatic heterocycles. The Balaban J connectivity index is 1.86. The minimum atomic E-state index is -0.622. The number of nitrogens with zero attached hydrogens (tertiary/aromatic N) is 4. The molecule has 1 aromatic heterocycles. The zero-order chi connectivity index (χ0) is 25.4. The van der Waals surface area contributed by atoms with Crippen molar-refractivity contribution in [1.82, 2.24) is 14.8 Å². The number of rotatable bonds is 8. The average molecular weight is 493 g/mol. The summed E-state index contributed by atoms with van der Waals surface area (Å²) in [6.45, 7) is 4.34. The maximum Gasteiger partial charge on any atom is 0.270 e. The topological polar surface area (TPSA) is 110 Å². The van der Waals surface area contributed by atoms with Gasteiger partial charge < -0.3 is 15.5 Å². The van der Waals surface area contributed by atoms with Gasteiger partial charge in [-0.25, -0.2) is 0 Å². The smallest absolute Gasteiger partial charge is 0.270 e. The van der Waals surface area contributed by atoms with Gasteiger partial charge in [-0.3, -0.25) is 23.9 Å². The number of likely N-dealkylation sites (tertiary alicyclic amines) is 1. The van der Waals surface area contributed by atoms with Crippen molar-refractivity contribution in [1.29, 1.82) is 5.26 Å². The number of benzene rings is 1. The van der Waals surface area contributed by atoms with E-state index in [4.69, 9.17) is 6.42 Å². The Bertz CT molecular complexity index is 1360. The number of carbonyl (C=O) groups is 2. The van der Waals surface area contributed by atoms with Crippen molar-refractivity contribution >= 4 is 46.3 Å². The summed E-state index contributed by atoms with van der Waals surface area (Å²) >= 11 is 1.05. The zero-order valence-electron chi connectivity index (χ0n) is 19.8. The van der Waals surface area contributed by atoms with E-state index in [1.54, 1.807) is 25.1 Å². The van der Waals surface area contributed by atoms with Crippen molar-refractivity contribution in [2.24, 2.45) is 0 Å². The van der Waals surface area contributed by atoms with Gasteiger partial charge in [0.25, 0.3) is 11.5 Å². The van der Waals surface area contributed by atoms with Gasteiger partial charge in [0.05, 0.1) is 13.1 Å². The van der Waals surface area contributed by atoms with Crippen LogP contribution in [-0.4, -0.2) is 54.5 Å². The quantitative estimate of drug-likeness (QED) is 0.512. The molecule has 0 atom stereocenters. The summed E-state index contributed by atoms with van der Waals surface area (Å²) in [6.07, 6.45) is 8.96. The molecule has 2 amide bonds. The van der Waals surface area contributed by atoms with E-state index in [0.717, 1.165) is 43.0 Å². The average Bonchev–Trinajstić information content (AvgIpc) is 3.48. The molecule has 182 valence electrons. The molecule has 0 radical (unpaired) electrons. The molecule has 2 heterocycles. The van der Waals surface area contributed by atoms with E-state index in [9.17, 15) is 19.6 Å². The molecule has 0 bridgehead atoms.